The van der Waals surface area contributed by atoms with E-state index < -0.39 is 0 Å². The molecule has 0 radical (unpaired) electrons. The largest absolute Gasteiger partial charge is 0.496 e. The third-order valence-corrected chi connectivity index (χ3v) is 5.33. The normalized spacial score (nSPS) is 29.4. The minimum absolute atomic E-state index is 0.564. The van der Waals surface area contributed by atoms with Crippen molar-refractivity contribution in [3.63, 3.8) is 0 Å². The highest BCUT2D eigenvalue weighted by Gasteiger charge is 2.33. The molecule has 3 atom stereocenters. The van der Waals surface area contributed by atoms with Crippen molar-refractivity contribution in [1.29, 1.82) is 0 Å². The van der Waals surface area contributed by atoms with Gasteiger partial charge in [0.2, 0.25) is 0 Å². The highest BCUT2D eigenvalue weighted by molar-refractivity contribution is 6.30. The van der Waals surface area contributed by atoms with Crippen LogP contribution in [0.5, 0.6) is 5.75 Å². The number of hydrogen-bond donors (Lipinski definition) is 1. The number of halogens is 1. The molecule has 0 aromatic heterocycles. The second kappa shape index (κ2) is 6.58. The zero-order valence-electron chi connectivity index (χ0n) is 13.1. The van der Waals surface area contributed by atoms with Crippen molar-refractivity contribution in [2.24, 2.45) is 11.8 Å². The first kappa shape index (κ1) is 15.2. The Balaban J connectivity index is 1.81. The summed E-state index contributed by atoms with van der Waals surface area (Å²) in [7, 11) is 1.76. The number of hydrogen-bond acceptors (Lipinski definition) is 2. The fourth-order valence-corrected chi connectivity index (χ4v) is 3.85. The number of benzene rings is 1. The number of nitrogens with one attached hydrogen (secondary N) is 1. The molecular weight excluding hydrogens is 282 g/mol. The van der Waals surface area contributed by atoms with Gasteiger partial charge in [0.1, 0.15) is 5.75 Å². The van der Waals surface area contributed by atoms with Crippen LogP contribution in [0.4, 0.5) is 0 Å². The summed E-state index contributed by atoms with van der Waals surface area (Å²) >= 11 is 6.24. The van der Waals surface area contributed by atoms with Crippen LogP contribution in [0.2, 0.25) is 5.02 Å². The fraction of sp³-hybridized carbons (Fsp3) is 0.667. The number of rotatable bonds is 5. The first-order valence-electron chi connectivity index (χ1n) is 8.24. The molecule has 0 bridgehead atoms. The molecule has 116 valence electrons. The molecule has 2 aliphatic carbocycles. The Morgan fingerprint density at radius 3 is 2.76 bits per heavy atom. The maximum Gasteiger partial charge on any atom is 0.122 e. The first-order chi connectivity index (χ1) is 10.2. The number of ether oxygens (including phenoxy) is 1. The van der Waals surface area contributed by atoms with E-state index >= 15 is 0 Å². The molecule has 2 fully saturated rings. The predicted molar refractivity (Wildman–Crippen MR) is 88.3 cm³/mol. The quantitative estimate of drug-likeness (QED) is 0.857. The van der Waals surface area contributed by atoms with Gasteiger partial charge in [-0.05, 0) is 73.7 Å². The lowest BCUT2D eigenvalue weighted by molar-refractivity contribution is 0.237. The van der Waals surface area contributed by atoms with Gasteiger partial charge in [0.15, 0.2) is 0 Å². The third-order valence-electron chi connectivity index (χ3n) is 5.09. The van der Waals surface area contributed by atoms with Crippen molar-refractivity contribution in [1.82, 2.24) is 5.32 Å². The van der Waals surface area contributed by atoms with Crippen LogP contribution < -0.4 is 10.1 Å². The Kier molecular flexibility index (Phi) is 4.75. The Hall–Kier alpha value is -0.730. The van der Waals surface area contributed by atoms with Crippen LogP contribution in [0, 0.1) is 11.8 Å². The molecular formula is C18H26ClNO. The zero-order chi connectivity index (χ0) is 14.8. The van der Waals surface area contributed by atoms with E-state index in [0.717, 1.165) is 29.3 Å². The standard InChI is InChI=1S/C18H26ClNO/c1-12-3-4-13(11-20-15-6-7-15)16(9-12)17-10-14(19)5-8-18(17)21-2/h5,8,10,12-13,15-16,20H,3-4,6-7,9,11H2,1-2H3. The molecule has 3 unspecified atom stereocenters. The summed E-state index contributed by atoms with van der Waals surface area (Å²) in [5, 5.41) is 4.54. The second-order valence-corrected chi connectivity index (χ2v) is 7.29. The molecule has 3 rings (SSSR count). The van der Waals surface area contributed by atoms with Gasteiger partial charge in [0, 0.05) is 11.1 Å². The molecule has 1 aromatic carbocycles. The average Bonchev–Trinajstić information content (AvgIpc) is 3.30. The highest BCUT2D eigenvalue weighted by Crippen LogP contribution is 2.44. The molecule has 21 heavy (non-hydrogen) atoms. The SMILES string of the molecule is COc1ccc(Cl)cc1C1CC(C)CCC1CNC1CC1. The Labute approximate surface area is 133 Å². The Morgan fingerprint density at radius 2 is 2.05 bits per heavy atom. The van der Waals surface area contributed by atoms with Crippen molar-refractivity contribution < 1.29 is 4.74 Å². The van der Waals surface area contributed by atoms with Crippen molar-refractivity contribution in [3.8, 4) is 5.75 Å². The van der Waals surface area contributed by atoms with Gasteiger partial charge in [-0.25, -0.2) is 0 Å². The van der Waals surface area contributed by atoms with Gasteiger partial charge in [-0.2, -0.15) is 0 Å². The fourth-order valence-electron chi connectivity index (χ4n) is 3.67. The van der Waals surface area contributed by atoms with Crippen LogP contribution in [-0.2, 0) is 0 Å². The predicted octanol–water partition coefficient (Wildman–Crippen LogP) is 4.62. The lowest BCUT2D eigenvalue weighted by Crippen LogP contribution is -2.32. The lowest BCUT2D eigenvalue weighted by atomic mass is 9.71. The van der Waals surface area contributed by atoms with Gasteiger partial charge in [-0.15, -0.1) is 0 Å². The van der Waals surface area contributed by atoms with Crippen molar-refractivity contribution in [2.75, 3.05) is 13.7 Å². The van der Waals surface area contributed by atoms with E-state index in [1.807, 2.05) is 12.1 Å². The van der Waals surface area contributed by atoms with Crippen LogP contribution >= 0.6 is 11.6 Å². The molecule has 2 nitrogen and oxygen atoms in total. The van der Waals surface area contributed by atoms with Gasteiger partial charge < -0.3 is 10.1 Å². The molecule has 0 spiro atoms. The van der Waals surface area contributed by atoms with Gasteiger partial charge in [-0.1, -0.05) is 24.9 Å². The van der Waals surface area contributed by atoms with Crippen molar-refractivity contribution in [2.45, 2.75) is 51.0 Å². The van der Waals surface area contributed by atoms with E-state index in [9.17, 15) is 0 Å². The highest BCUT2D eigenvalue weighted by atomic mass is 35.5. The summed E-state index contributed by atoms with van der Waals surface area (Å²) in [5.74, 6) is 3.05. The molecule has 2 saturated carbocycles. The summed E-state index contributed by atoms with van der Waals surface area (Å²) in [4.78, 5) is 0. The molecule has 0 amide bonds. The molecule has 0 saturated heterocycles. The lowest BCUT2D eigenvalue weighted by Gasteiger charge is -2.36. The van der Waals surface area contributed by atoms with Gasteiger partial charge in [0.25, 0.3) is 0 Å². The van der Waals surface area contributed by atoms with Crippen LogP contribution in [0.25, 0.3) is 0 Å². The Morgan fingerprint density at radius 1 is 1.24 bits per heavy atom. The van der Waals surface area contributed by atoms with Crippen LogP contribution in [0.1, 0.15) is 50.5 Å². The van der Waals surface area contributed by atoms with Crippen LogP contribution in [0.3, 0.4) is 0 Å². The van der Waals surface area contributed by atoms with Crippen LogP contribution in [-0.4, -0.2) is 19.7 Å². The summed E-state index contributed by atoms with van der Waals surface area (Å²) in [6.07, 6.45) is 6.61. The van der Waals surface area contributed by atoms with E-state index in [1.54, 1.807) is 7.11 Å². The van der Waals surface area contributed by atoms with Gasteiger partial charge in [0.05, 0.1) is 7.11 Å². The third kappa shape index (κ3) is 3.73. The van der Waals surface area contributed by atoms with E-state index in [2.05, 4.69) is 18.3 Å². The number of methoxy groups -OCH3 is 1. The first-order valence-corrected chi connectivity index (χ1v) is 8.62. The van der Waals surface area contributed by atoms with Crippen molar-refractivity contribution >= 4 is 11.6 Å². The molecule has 2 aliphatic rings. The van der Waals surface area contributed by atoms with E-state index in [1.165, 1.54) is 37.7 Å². The van der Waals surface area contributed by atoms with Gasteiger partial charge in [-0.3, -0.25) is 0 Å². The second-order valence-electron chi connectivity index (χ2n) is 6.85. The molecule has 1 aromatic rings. The topological polar surface area (TPSA) is 21.3 Å². The molecule has 1 N–H and O–H groups in total. The average molecular weight is 308 g/mol. The minimum Gasteiger partial charge on any atom is -0.496 e. The molecule has 3 heteroatoms. The maximum absolute atomic E-state index is 6.24. The smallest absolute Gasteiger partial charge is 0.122 e. The molecule has 0 aliphatic heterocycles. The van der Waals surface area contributed by atoms with E-state index in [0.29, 0.717) is 11.8 Å². The van der Waals surface area contributed by atoms with Crippen LogP contribution in [0.15, 0.2) is 18.2 Å². The summed E-state index contributed by atoms with van der Waals surface area (Å²) in [6.45, 7) is 3.51. The monoisotopic (exact) mass is 307 g/mol. The van der Waals surface area contributed by atoms with Gasteiger partial charge >= 0.3 is 0 Å². The summed E-state index contributed by atoms with van der Waals surface area (Å²) < 4.78 is 5.60. The minimum atomic E-state index is 0.564. The molecule has 0 heterocycles. The van der Waals surface area contributed by atoms with E-state index in [-0.39, 0.29) is 0 Å². The maximum atomic E-state index is 6.24. The Bertz CT molecular complexity index is 486. The van der Waals surface area contributed by atoms with Crippen molar-refractivity contribution in [3.05, 3.63) is 28.8 Å². The zero-order valence-corrected chi connectivity index (χ0v) is 13.8. The summed E-state index contributed by atoms with van der Waals surface area (Å²) in [5.41, 5.74) is 1.30. The summed E-state index contributed by atoms with van der Waals surface area (Å²) in [6, 6.07) is 6.84. The van der Waals surface area contributed by atoms with E-state index in [4.69, 9.17) is 16.3 Å².